The molecule has 0 amide bonds. The van der Waals surface area contributed by atoms with E-state index in [-0.39, 0.29) is 23.1 Å². The van der Waals surface area contributed by atoms with Gasteiger partial charge in [-0.2, -0.15) is 0 Å². The van der Waals surface area contributed by atoms with Crippen LogP contribution in [0.25, 0.3) is 0 Å². The lowest BCUT2D eigenvalue weighted by atomic mass is 10.1. The SMILES string of the molecule is CCCCC[N+](CC(O)CSC(=S)N(C(C)C)C(C)C)(C(C)C)C(C)C.[Br-]. The van der Waals surface area contributed by atoms with Crippen LogP contribution < -0.4 is 17.0 Å². The molecule has 0 aliphatic heterocycles. The minimum absolute atomic E-state index is 0. The number of hydrogen-bond acceptors (Lipinski definition) is 3. The summed E-state index contributed by atoms with van der Waals surface area (Å²) < 4.78 is 1.90. The van der Waals surface area contributed by atoms with Crippen LogP contribution in [-0.2, 0) is 0 Å². The van der Waals surface area contributed by atoms with Crippen LogP contribution in [0.4, 0.5) is 0 Å². The van der Waals surface area contributed by atoms with Crippen LogP contribution in [0.2, 0.25) is 0 Å². The van der Waals surface area contributed by atoms with Crippen LogP contribution in [0.15, 0.2) is 0 Å². The monoisotopic (exact) mass is 484 g/mol. The van der Waals surface area contributed by atoms with E-state index in [1.54, 1.807) is 11.8 Å². The Morgan fingerprint density at radius 3 is 1.81 bits per heavy atom. The normalized spacial score (nSPS) is 13.4. The smallest absolute Gasteiger partial charge is 0.136 e. The summed E-state index contributed by atoms with van der Waals surface area (Å²) >= 11 is 7.29. The molecule has 0 bridgehead atoms. The van der Waals surface area contributed by atoms with E-state index >= 15 is 0 Å². The first kappa shape index (κ1) is 29.8. The second-order valence-electron chi connectivity index (χ2n) is 8.73. The molecule has 1 atom stereocenters. The molecular weight excluding hydrogens is 440 g/mol. The molecule has 27 heavy (non-hydrogen) atoms. The standard InChI is InChI=1S/C21H45N2OS2.BrH/c1-10-11-12-13-23(18(6)7,19(8)9)14-20(24)15-26-21(25)22(16(2)3)17(4)5;/h16-20,24H,10-15H2,1-9H3;1H/q+1;/p-1. The molecule has 0 rings (SSSR count). The van der Waals surface area contributed by atoms with Crippen molar-refractivity contribution in [2.24, 2.45) is 0 Å². The van der Waals surface area contributed by atoms with E-state index in [0.29, 0.717) is 29.9 Å². The van der Waals surface area contributed by atoms with Crippen molar-refractivity contribution in [1.82, 2.24) is 4.90 Å². The Labute approximate surface area is 190 Å². The molecule has 164 valence electrons. The fraction of sp³-hybridized carbons (Fsp3) is 0.952. The largest absolute Gasteiger partial charge is 1.00 e. The molecule has 0 aromatic rings. The molecule has 0 saturated carbocycles. The second kappa shape index (κ2) is 14.6. The summed E-state index contributed by atoms with van der Waals surface area (Å²) in [4.78, 5) is 2.26. The highest BCUT2D eigenvalue weighted by Crippen LogP contribution is 2.24. The Kier molecular flexibility index (Phi) is 16.1. The van der Waals surface area contributed by atoms with Gasteiger partial charge in [0.15, 0.2) is 0 Å². The first-order valence-corrected chi connectivity index (χ1v) is 11.9. The van der Waals surface area contributed by atoms with Gasteiger partial charge in [-0.1, -0.05) is 37.3 Å². The second-order valence-corrected chi connectivity index (χ2v) is 10.4. The molecule has 6 heteroatoms. The predicted molar refractivity (Wildman–Crippen MR) is 123 cm³/mol. The zero-order valence-electron chi connectivity index (χ0n) is 19.2. The molecule has 0 radical (unpaired) electrons. The van der Waals surface area contributed by atoms with Crippen molar-refractivity contribution in [2.45, 2.75) is 112 Å². The van der Waals surface area contributed by atoms with Crippen molar-refractivity contribution in [2.75, 3.05) is 18.8 Å². The molecule has 0 aliphatic carbocycles. The fourth-order valence-electron chi connectivity index (χ4n) is 3.99. The molecule has 0 heterocycles. The fourth-order valence-corrected chi connectivity index (χ4v) is 5.62. The maximum absolute atomic E-state index is 10.8. The summed E-state index contributed by atoms with van der Waals surface area (Å²) in [6, 6.07) is 1.81. The predicted octanol–water partition coefficient (Wildman–Crippen LogP) is 2.31. The Bertz CT molecular complexity index is 388. The topological polar surface area (TPSA) is 23.5 Å². The molecule has 0 aromatic heterocycles. The van der Waals surface area contributed by atoms with Crippen LogP contribution in [0.1, 0.15) is 81.6 Å². The van der Waals surface area contributed by atoms with Crippen molar-refractivity contribution in [3.05, 3.63) is 0 Å². The third-order valence-corrected chi connectivity index (χ3v) is 7.08. The van der Waals surface area contributed by atoms with Gasteiger partial charge < -0.3 is 31.5 Å². The Balaban J connectivity index is 0. The Morgan fingerprint density at radius 1 is 0.963 bits per heavy atom. The summed E-state index contributed by atoms with van der Waals surface area (Å²) in [6.45, 7) is 22.1. The summed E-state index contributed by atoms with van der Waals surface area (Å²) in [5.41, 5.74) is 0. The number of quaternary nitrogens is 1. The van der Waals surface area contributed by atoms with Crippen molar-refractivity contribution < 1.29 is 26.6 Å². The average Bonchev–Trinajstić information content (AvgIpc) is 2.50. The van der Waals surface area contributed by atoms with Crippen LogP contribution in [0, 0.1) is 0 Å². The van der Waals surface area contributed by atoms with E-state index in [0.717, 1.165) is 21.9 Å². The van der Waals surface area contributed by atoms with Crippen molar-refractivity contribution in [3.8, 4) is 0 Å². The van der Waals surface area contributed by atoms with E-state index in [2.05, 4.69) is 67.2 Å². The van der Waals surface area contributed by atoms with Gasteiger partial charge in [-0.15, -0.1) is 0 Å². The molecule has 0 fully saturated rings. The molecule has 0 aromatic carbocycles. The minimum Gasteiger partial charge on any atom is -1.00 e. The van der Waals surface area contributed by atoms with Crippen LogP contribution >= 0.6 is 24.0 Å². The summed E-state index contributed by atoms with van der Waals surface area (Å²) in [5, 5.41) is 10.8. The highest BCUT2D eigenvalue weighted by Gasteiger charge is 2.36. The first-order valence-electron chi connectivity index (χ1n) is 10.5. The summed E-state index contributed by atoms with van der Waals surface area (Å²) in [6.07, 6.45) is 3.42. The molecular formula is C21H45BrN2OS2. The number of thioether (sulfide) groups is 1. The molecule has 0 spiro atoms. The number of thiocarbonyl (C=S) groups is 1. The summed E-state index contributed by atoms with van der Waals surface area (Å²) in [5.74, 6) is 0.683. The zero-order valence-corrected chi connectivity index (χ0v) is 22.4. The van der Waals surface area contributed by atoms with Gasteiger partial charge in [-0.05, 0) is 68.2 Å². The van der Waals surface area contributed by atoms with E-state index in [9.17, 15) is 5.11 Å². The molecule has 3 nitrogen and oxygen atoms in total. The lowest BCUT2D eigenvalue weighted by Crippen LogP contribution is -3.00. The van der Waals surface area contributed by atoms with Gasteiger partial charge in [0, 0.05) is 17.8 Å². The Hall–Kier alpha value is 0.640. The van der Waals surface area contributed by atoms with Crippen molar-refractivity contribution in [1.29, 1.82) is 0 Å². The van der Waals surface area contributed by atoms with E-state index in [1.807, 2.05) is 0 Å². The third kappa shape index (κ3) is 9.79. The number of aliphatic hydroxyl groups excluding tert-OH is 1. The quantitative estimate of drug-likeness (QED) is 0.260. The first-order chi connectivity index (χ1) is 12.0. The lowest BCUT2D eigenvalue weighted by Gasteiger charge is -2.47. The Morgan fingerprint density at radius 2 is 1.44 bits per heavy atom. The maximum atomic E-state index is 10.8. The zero-order chi connectivity index (χ0) is 20.5. The minimum atomic E-state index is -0.328. The van der Waals surface area contributed by atoms with Crippen LogP contribution in [-0.4, -0.2) is 67.9 Å². The van der Waals surface area contributed by atoms with Gasteiger partial charge in [0.2, 0.25) is 0 Å². The van der Waals surface area contributed by atoms with Crippen LogP contribution in [0.3, 0.4) is 0 Å². The number of nitrogens with zero attached hydrogens (tertiary/aromatic N) is 2. The van der Waals surface area contributed by atoms with Crippen molar-refractivity contribution >= 4 is 28.3 Å². The van der Waals surface area contributed by atoms with E-state index in [1.165, 1.54) is 19.3 Å². The molecule has 1 N–H and O–H groups in total. The highest BCUT2D eigenvalue weighted by atomic mass is 79.9. The number of aliphatic hydroxyl groups is 1. The van der Waals surface area contributed by atoms with Gasteiger partial charge in [-0.3, -0.25) is 0 Å². The number of halogens is 1. The van der Waals surface area contributed by atoms with Gasteiger partial charge >= 0.3 is 0 Å². The third-order valence-electron chi connectivity index (χ3n) is 5.51. The van der Waals surface area contributed by atoms with Gasteiger partial charge in [0.1, 0.15) is 17.0 Å². The number of hydrogen-bond donors (Lipinski definition) is 1. The number of rotatable bonds is 12. The van der Waals surface area contributed by atoms with E-state index < -0.39 is 0 Å². The number of unbranched alkanes of at least 4 members (excludes halogenated alkanes) is 2. The van der Waals surface area contributed by atoms with E-state index in [4.69, 9.17) is 12.2 Å². The maximum Gasteiger partial charge on any atom is 0.136 e. The molecule has 0 aliphatic rings. The van der Waals surface area contributed by atoms with Crippen LogP contribution in [0.5, 0.6) is 0 Å². The molecule has 0 saturated heterocycles. The molecule has 1 unspecified atom stereocenters. The lowest BCUT2D eigenvalue weighted by molar-refractivity contribution is -0.969. The summed E-state index contributed by atoms with van der Waals surface area (Å²) in [7, 11) is 0. The van der Waals surface area contributed by atoms with Gasteiger partial charge in [-0.25, -0.2) is 0 Å². The van der Waals surface area contributed by atoms with Gasteiger partial charge in [0.05, 0.1) is 18.6 Å². The average molecular weight is 486 g/mol. The van der Waals surface area contributed by atoms with Gasteiger partial charge in [0.25, 0.3) is 0 Å². The van der Waals surface area contributed by atoms with Crippen molar-refractivity contribution in [3.63, 3.8) is 0 Å². The highest BCUT2D eigenvalue weighted by molar-refractivity contribution is 8.22.